The fourth-order valence-corrected chi connectivity index (χ4v) is 4.36. The summed E-state index contributed by atoms with van der Waals surface area (Å²) in [6.07, 6.45) is 1.78. The number of methoxy groups -OCH3 is 1. The van der Waals surface area contributed by atoms with E-state index in [-0.39, 0.29) is 31.4 Å². The topological polar surface area (TPSA) is 81.5 Å². The molecule has 10 heteroatoms. The van der Waals surface area contributed by atoms with Gasteiger partial charge in [-0.05, 0) is 35.9 Å². The Kier molecular flexibility index (Phi) is 6.77. The lowest BCUT2D eigenvalue weighted by Crippen LogP contribution is -2.48. The number of fused-ring (bicyclic) bond motifs is 1. The lowest BCUT2D eigenvalue weighted by Gasteiger charge is -2.27. The molecule has 3 heterocycles. The molecule has 0 spiro atoms. The molecule has 2 aromatic heterocycles. The minimum Gasteiger partial charge on any atom is -0.434 e. The van der Waals surface area contributed by atoms with Crippen LogP contribution in [0.2, 0.25) is 0 Å². The normalized spacial score (nSPS) is 13.9. The molecule has 8 nitrogen and oxygen atoms in total. The number of carbonyl (C=O) groups excluding carboxylic acids is 1. The van der Waals surface area contributed by atoms with E-state index in [1.165, 1.54) is 6.07 Å². The summed E-state index contributed by atoms with van der Waals surface area (Å²) < 4.78 is 37.9. The summed E-state index contributed by atoms with van der Waals surface area (Å²) in [5.74, 6) is 1.53. The molecule has 0 unspecified atom stereocenters. The largest absolute Gasteiger partial charge is 0.434 e. The van der Waals surface area contributed by atoms with Crippen LogP contribution in [-0.4, -0.2) is 53.8 Å². The number of hydrogen-bond donors (Lipinski definition) is 1. The number of imidazole rings is 1. The molecule has 0 radical (unpaired) electrons. The molecule has 1 aliphatic heterocycles. The zero-order valence-corrected chi connectivity index (χ0v) is 19.7. The number of nitrogens with one attached hydrogen (secondary N) is 1. The van der Waals surface area contributed by atoms with Crippen LogP contribution in [0.1, 0.15) is 11.4 Å². The first-order valence-corrected chi connectivity index (χ1v) is 11.5. The van der Waals surface area contributed by atoms with E-state index in [1.54, 1.807) is 31.5 Å². The number of aromatic nitrogens is 3. The van der Waals surface area contributed by atoms with E-state index in [0.717, 1.165) is 28.0 Å². The summed E-state index contributed by atoms with van der Waals surface area (Å²) in [5, 5.41) is 2.81. The van der Waals surface area contributed by atoms with Crippen molar-refractivity contribution in [3.05, 3.63) is 72.2 Å². The Balaban J connectivity index is 1.49. The third-order valence-electron chi connectivity index (χ3n) is 6.06. The second kappa shape index (κ2) is 10.3. The second-order valence-electron chi connectivity index (χ2n) is 8.41. The Morgan fingerprint density at radius 3 is 2.69 bits per heavy atom. The molecule has 0 saturated carbocycles. The summed E-state index contributed by atoms with van der Waals surface area (Å²) in [5.41, 5.74) is 4.05. The van der Waals surface area contributed by atoms with Crippen molar-refractivity contribution in [2.75, 3.05) is 31.6 Å². The number of carbonyl (C=O) groups is 1. The van der Waals surface area contributed by atoms with E-state index < -0.39 is 6.61 Å². The number of pyridine rings is 1. The molecule has 4 aromatic rings. The fraction of sp³-hybridized carbons (Fsp3) is 0.269. The van der Waals surface area contributed by atoms with Gasteiger partial charge in [-0.1, -0.05) is 24.3 Å². The number of amides is 1. The van der Waals surface area contributed by atoms with Crippen molar-refractivity contribution >= 4 is 22.8 Å². The highest BCUT2D eigenvalue weighted by molar-refractivity contribution is 5.84. The molecule has 0 bridgehead atoms. The molecule has 1 amide bonds. The van der Waals surface area contributed by atoms with Crippen molar-refractivity contribution in [3.63, 3.8) is 0 Å². The van der Waals surface area contributed by atoms with E-state index in [2.05, 4.69) is 10.3 Å². The summed E-state index contributed by atoms with van der Waals surface area (Å²) in [6.45, 7) is -0.764. The van der Waals surface area contributed by atoms with Gasteiger partial charge in [0.2, 0.25) is 5.91 Å². The van der Waals surface area contributed by atoms with Crippen molar-refractivity contribution in [1.29, 1.82) is 0 Å². The minimum absolute atomic E-state index is 0.0155. The molecule has 186 valence electrons. The van der Waals surface area contributed by atoms with Gasteiger partial charge < -0.3 is 24.3 Å². The van der Waals surface area contributed by atoms with Crippen LogP contribution in [0.15, 0.2) is 60.8 Å². The lowest BCUT2D eigenvalue weighted by molar-refractivity contribution is -0.120. The molecule has 1 fully saturated rings. The van der Waals surface area contributed by atoms with Gasteiger partial charge in [0.1, 0.15) is 24.0 Å². The van der Waals surface area contributed by atoms with Crippen LogP contribution in [0.4, 0.5) is 14.6 Å². The molecule has 0 aliphatic carbocycles. The predicted octanol–water partition coefficient (Wildman–Crippen LogP) is 3.83. The number of nitrogens with zero attached hydrogens (tertiary/aromatic N) is 4. The first-order valence-electron chi connectivity index (χ1n) is 11.5. The zero-order valence-electron chi connectivity index (χ0n) is 19.7. The number of hydrogen-bond acceptors (Lipinski definition) is 6. The Morgan fingerprint density at radius 1 is 1.11 bits per heavy atom. The van der Waals surface area contributed by atoms with Gasteiger partial charge in [-0.2, -0.15) is 8.78 Å². The van der Waals surface area contributed by atoms with Crippen LogP contribution in [0.25, 0.3) is 22.2 Å². The van der Waals surface area contributed by atoms with Gasteiger partial charge in [0, 0.05) is 37.5 Å². The minimum atomic E-state index is -2.91. The summed E-state index contributed by atoms with van der Waals surface area (Å²) in [6, 6.07) is 16.5. The van der Waals surface area contributed by atoms with Crippen molar-refractivity contribution < 1.29 is 23.0 Å². The van der Waals surface area contributed by atoms with Crippen molar-refractivity contribution in [2.45, 2.75) is 19.8 Å². The van der Waals surface area contributed by atoms with E-state index in [1.807, 2.05) is 39.8 Å². The summed E-state index contributed by atoms with van der Waals surface area (Å²) in [4.78, 5) is 22.9. The Bertz CT molecular complexity index is 1370. The fourth-order valence-electron chi connectivity index (χ4n) is 4.36. The van der Waals surface area contributed by atoms with Crippen molar-refractivity contribution in [2.24, 2.45) is 0 Å². The van der Waals surface area contributed by atoms with E-state index in [0.29, 0.717) is 24.5 Å². The standard InChI is InChI=1S/C26H25F2N5O3/c1-35-16-24-31-20-8-6-17(18-7-9-23(30-13-18)32-11-10-29-25(34)15-32)12-21(20)33(24)14-19-4-2-3-5-22(19)36-26(27)28/h2-9,12-13,26H,10-11,14-16H2,1H3,(H,29,34). The second-order valence-corrected chi connectivity index (χ2v) is 8.41. The molecule has 1 aliphatic rings. The molecule has 5 rings (SSSR count). The lowest BCUT2D eigenvalue weighted by atomic mass is 10.1. The molecular weight excluding hydrogens is 468 g/mol. The maximum absolute atomic E-state index is 12.9. The average Bonchev–Trinajstić information content (AvgIpc) is 3.21. The molecule has 36 heavy (non-hydrogen) atoms. The van der Waals surface area contributed by atoms with Gasteiger partial charge in [0.05, 0.1) is 24.1 Å². The van der Waals surface area contributed by atoms with Gasteiger partial charge >= 0.3 is 6.61 Å². The number of anilines is 1. The molecule has 1 saturated heterocycles. The quantitative estimate of drug-likeness (QED) is 0.402. The van der Waals surface area contributed by atoms with Crippen LogP contribution in [0.3, 0.4) is 0 Å². The average molecular weight is 494 g/mol. The van der Waals surface area contributed by atoms with E-state index in [4.69, 9.17) is 14.5 Å². The van der Waals surface area contributed by atoms with Crippen LogP contribution < -0.4 is 15.0 Å². The first kappa shape index (κ1) is 23.7. The van der Waals surface area contributed by atoms with E-state index in [9.17, 15) is 13.6 Å². The summed E-state index contributed by atoms with van der Waals surface area (Å²) >= 11 is 0. The number of ether oxygens (including phenoxy) is 2. The Hall–Kier alpha value is -4.05. The SMILES string of the molecule is COCc1nc2ccc(-c3ccc(N4CCNC(=O)C4)nc3)cc2n1Cc1ccccc1OC(F)F. The molecule has 1 N–H and O–H groups in total. The smallest absolute Gasteiger partial charge is 0.387 e. The zero-order chi connectivity index (χ0) is 25.1. The summed E-state index contributed by atoms with van der Waals surface area (Å²) in [7, 11) is 1.59. The van der Waals surface area contributed by atoms with Crippen LogP contribution in [0, 0.1) is 0 Å². The van der Waals surface area contributed by atoms with Crippen LogP contribution >= 0.6 is 0 Å². The van der Waals surface area contributed by atoms with Crippen molar-refractivity contribution in [1.82, 2.24) is 19.9 Å². The van der Waals surface area contributed by atoms with E-state index >= 15 is 0 Å². The first-order chi connectivity index (χ1) is 17.5. The van der Waals surface area contributed by atoms with Gasteiger partial charge in [-0.3, -0.25) is 4.79 Å². The Morgan fingerprint density at radius 2 is 1.94 bits per heavy atom. The number of benzene rings is 2. The molecule has 0 atom stereocenters. The predicted molar refractivity (Wildman–Crippen MR) is 131 cm³/mol. The third kappa shape index (κ3) is 4.99. The highest BCUT2D eigenvalue weighted by atomic mass is 19.3. The van der Waals surface area contributed by atoms with Gasteiger partial charge in [-0.25, -0.2) is 9.97 Å². The monoisotopic (exact) mass is 493 g/mol. The van der Waals surface area contributed by atoms with Gasteiger partial charge in [-0.15, -0.1) is 0 Å². The molecule has 2 aromatic carbocycles. The number of piperazine rings is 1. The molecular formula is C26H25F2N5O3. The number of para-hydroxylation sites is 1. The highest BCUT2D eigenvalue weighted by Gasteiger charge is 2.18. The third-order valence-corrected chi connectivity index (χ3v) is 6.06. The maximum atomic E-state index is 12.9. The van der Waals surface area contributed by atoms with Crippen LogP contribution in [0.5, 0.6) is 5.75 Å². The van der Waals surface area contributed by atoms with Crippen LogP contribution in [-0.2, 0) is 22.7 Å². The Labute approximate surface area is 206 Å². The number of rotatable bonds is 8. The number of halogens is 2. The number of alkyl halides is 2. The van der Waals surface area contributed by atoms with Crippen molar-refractivity contribution in [3.8, 4) is 16.9 Å². The van der Waals surface area contributed by atoms with Gasteiger partial charge in [0.25, 0.3) is 0 Å². The highest BCUT2D eigenvalue weighted by Crippen LogP contribution is 2.29. The maximum Gasteiger partial charge on any atom is 0.387 e. The van der Waals surface area contributed by atoms with Gasteiger partial charge in [0.15, 0.2) is 0 Å².